The number of aryl methyl sites for hydroxylation is 4. The fourth-order valence-electron chi connectivity index (χ4n) is 5.51. The van der Waals surface area contributed by atoms with Crippen molar-refractivity contribution in [3.8, 4) is 22.3 Å². The van der Waals surface area contributed by atoms with Crippen molar-refractivity contribution in [3.63, 3.8) is 0 Å². The van der Waals surface area contributed by atoms with E-state index in [9.17, 15) is 0 Å². The summed E-state index contributed by atoms with van der Waals surface area (Å²) in [6.07, 6.45) is 0. The van der Waals surface area contributed by atoms with Crippen LogP contribution in [-0.4, -0.2) is 6.88 Å². The van der Waals surface area contributed by atoms with Gasteiger partial charge in [-0.1, -0.05) is 99.5 Å². The number of hydrogen-bond acceptors (Lipinski definition) is 0. The van der Waals surface area contributed by atoms with E-state index >= 15 is 0 Å². The van der Waals surface area contributed by atoms with Crippen molar-refractivity contribution in [1.29, 1.82) is 0 Å². The van der Waals surface area contributed by atoms with E-state index in [1.807, 2.05) is 0 Å². The summed E-state index contributed by atoms with van der Waals surface area (Å²) in [5.41, 5.74) is 12.2. The van der Waals surface area contributed by atoms with Gasteiger partial charge in [0.25, 0.3) is 0 Å². The Morgan fingerprint density at radius 3 is 1.88 bits per heavy atom. The Labute approximate surface area is 265 Å². The molecule has 0 aromatic heterocycles. The van der Waals surface area contributed by atoms with Crippen LogP contribution in [0, 0.1) is 42.5 Å². The molecule has 0 bridgehead atoms. The third-order valence-electron chi connectivity index (χ3n) is 7.52. The van der Waals surface area contributed by atoms with Gasteiger partial charge < -0.3 is 14.9 Å². The topological polar surface area (TPSA) is 0 Å². The molecule has 0 saturated carbocycles. The first-order chi connectivity index (χ1) is 18.8. The summed E-state index contributed by atoms with van der Waals surface area (Å²) in [6.45, 7) is 16.3. The maximum atomic E-state index is 3.06. The maximum absolute atomic E-state index is 3.06. The van der Waals surface area contributed by atoms with E-state index in [4.69, 9.17) is 0 Å². The Kier molecular flexibility index (Phi) is 13.0. The molecule has 210 valence electrons. The normalized spacial score (nSPS) is 10.2. The first-order valence-corrected chi connectivity index (χ1v) is 17.7. The molecule has 0 saturated heterocycles. The zero-order valence-electron chi connectivity index (χ0n) is 25.9. The molecule has 0 aliphatic rings. The Hall–Kier alpha value is -2.80. The van der Waals surface area contributed by atoms with Gasteiger partial charge in [-0.15, -0.1) is 68.6 Å². The van der Waals surface area contributed by atoms with Gasteiger partial charge in [-0.2, -0.15) is 12.1 Å². The Balaban J connectivity index is 0.000000259. The van der Waals surface area contributed by atoms with Crippen LogP contribution in [0.4, 0.5) is 0 Å². The summed E-state index contributed by atoms with van der Waals surface area (Å²) in [5.74, 6) is 0.584. The summed E-state index contributed by atoms with van der Waals surface area (Å²) < 4.78 is 0. The SMILES string of the molecule is CC(C)c1cc2c(-c3ccccc3)cccc2[cH-]1.Cc1cc2c(-c3c(C)cccc3C)ccc(C)c2[cH-]1.[CH3-].[CH3-].[Si]=[Zr]. The molecular formula is C39H42SiZr-4. The van der Waals surface area contributed by atoms with Crippen molar-refractivity contribution in [2.75, 3.05) is 0 Å². The molecule has 0 spiro atoms. The monoisotopic (exact) mass is 628 g/mol. The average Bonchev–Trinajstić information content (AvgIpc) is 3.56. The fraction of sp³-hybridized carbons (Fsp3) is 0.179. The molecule has 6 rings (SSSR count). The molecule has 41 heavy (non-hydrogen) atoms. The van der Waals surface area contributed by atoms with Gasteiger partial charge >= 0.3 is 30.2 Å². The predicted molar refractivity (Wildman–Crippen MR) is 182 cm³/mol. The molecule has 2 radical (unpaired) electrons. The predicted octanol–water partition coefficient (Wildman–Crippen LogP) is 11.3. The van der Waals surface area contributed by atoms with Crippen LogP contribution >= 0.6 is 0 Å². The number of benzene rings is 4. The van der Waals surface area contributed by atoms with Gasteiger partial charge in [0.1, 0.15) is 0 Å². The minimum atomic E-state index is 0. The molecule has 0 atom stereocenters. The second-order valence-corrected chi connectivity index (χ2v) is 10.7. The molecule has 0 unspecified atom stereocenters. The van der Waals surface area contributed by atoms with Crippen molar-refractivity contribution in [2.45, 2.75) is 47.5 Å². The Morgan fingerprint density at radius 2 is 1.24 bits per heavy atom. The van der Waals surface area contributed by atoms with Crippen LogP contribution in [0.2, 0.25) is 0 Å². The van der Waals surface area contributed by atoms with Crippen LogP contribution in [0.25, 0.3) is 43.8 Å². The molecule has 0 aliphatic heterocycles. The van der Waals surface area contributed by atoms with Gasteiger partial charge in [0, 0.05) is 0 Å². The molecule has 0 heterocycles. The Bertz CT molecular complexity index is 1680. The first kappa shape index (κ1) is 34.4. The van der Waals surface area contributed by atoms with Gasteiger partial charge in [0.05, 0.1) is 0 Å². The second kappa shape index (κ2) is 15.4. The van der Waals surface area contributed by atoms with Gasteiger partial charge in [0.2, 0.25) is 0 Å². The summed E-state index contributed by atoms with van der Waals surface area (Å²) in [7, 11) is 0. The van der Waals surface area contributed by atoms with E-state index in [-0.39, 0.29) is 14.9 Å². The Morgan fingerprint density at radius 1 is 0.610 bits per heavy atom. The van der Waals surface area contributed by atoms with Crippen molar-refractivity contribution < 1.29 is 23.3 Å². The van der Waals surface area contributed by atoms with E-state index in [0.717, 1.165) is 0 Å². The van der Waals surface area contributed by atoms with E-state index < -0.39 is 0 Å². The molecule has 6 aromatic carbocycles. The molecule has 6 aromatic rings. The molecule has 0 N–H and O–H groups in total. The molecule has 2 heteroatoms. The summed E-state index contributed by atoms with van der Waals surface area (Å²) in [6, 6.07) is 37.5. The van der Waals surface area contributed by atoms with Crippen LogP contribution in [0.5, 0.6) is 0 Å². The van der Waals surface area contributed by atoms with Crippen molar-refractivity contribution >= 4 is 28.4 Å². The number of rotatable bonds is 3. The third kappa shape index (κ3) is 7.54. The van der Waals surface area contributed by atoms with E-state index in [2.05, 4.69) is 152 Å². The van der Waals surface area contributed by atoms with Crippen LogP contribution in [-0.2, 0) is 23.3 Å². The van der Waals surface area contributed by atoms with E-state index in [1.165, 1.54) is 95.0 Å². The quantitative estimate of drug-likeness (QED) is 0.135. The zero-order valence-corrected chi connectivity index (χ0v) is 29.4. The summed E-state index contributed by atoms with van der Waals surface area (Å²) in [4.78, 5) is 0. The van der Waals surface area contributed by atoms with Gasteiger partial charge in [-0.25, -0.2) is 0 Å². The standard InChI is InChI=1S/C19H19.C18H17.2CH3.Si.Zr/c1-12-10-17-13(2)8-9-16(18(17)11-12)19-14(3)6-5-7-15(19)4;1-13(2)16-11-15-9-6-10-17(18(15)12-16)14-7-4-3-5-8-14;;;;/h5-11H,1-4H3;3-13H,1-2H3;2*1H3;;/q4*-1;;. The van der Waals surface area contributed by atoms with Crippen LogP contribution in [0.15, 0.2) is 103 Å². The van der Waals surface area contributed by atoms with Gasteiger partial charge in [0.15, 0.2) is 0 Å². The van der Waals surface area contributed by atoms with E-state index in [0.29, 0.717) is 5.92 Å². The first-order valence-electron chi connectivity index (χ1n) is 13.6. The van der Waals surface area contributed by atoms with Crippen LogP contribution in [0.3, 0.4) is 0 Å². The summed E-state index contributed by atoms with van der Waals surface area (Å²) >= 11 is 1.36. The molecular weight excluding hydrogens is 588 g/mol. The minimum absolute atomic E-state index is 0. The van der Waals surface area contributed by atoms with Gasteiger partial charge in [-0.3, -0.25) is 0 Å². The van der Waals surface area contributed by atoms with Crippen molar-refractivity contribution in [1.82, 2.24) is 0 Å². The van der Waals surface area contributed by atoms with Crippen molar-refractivity contribution in [2.24, 2.45) is 0 Å². The number of fused-ring (bicyclic) bond motifs is 2. The zero-order chi connectivity index (χ0) is 28.1. The fourth-order valence-corrected chi connectivity index (χ4v) is 5.51. The van der Waals surface area contributed by atoms with E-state index in [1.54, 1.807) is 0 Å². The second-order valence-electron chi connectivity index (χ2n) is 10.7. The molecule has 0 amide bonds. The molecule has 0 aliphatic carbocycles. The van der Waals surface area contributed by atoms with Crippen molar-refractivity contribution in [3.05, 3.63) is 146 Å². The third-order valence-corrected chi connectivity index (χ3v) is 7.52. The van der Waals surface area contributed by atoms with Crippen LogP contribution < -0.4 is 0 Å². The number of hydrogen-bond donors (Lipinski definition) is 0. The molecule has 0 nitrogen and oxygen atoms in total. The van der Waals surface area contributed by atoms with Crippen LogP contribution in [0.1, 0.15) is 47.6 Å². The van der Waals surface area contributed by atoms with Gasteiger partial charge in [-0.05, 0) is 42.0 Å². The molecule has 0 fully saturated rings. The summed E-state index contributed by atoms with van der Waals surface area (Å²) in [5, 5.41) is 5.49. The average molecular weight is 630 g/mol.